The monoisotopic (exact) mass is 419 g/mol. The van der Waals surface area contributed by atoms with Gasteiger partial charge in [-0.15, -0.1) is 0 Å². The Morgan fingerprint density at radius 3 is 2.28 bits per heavy atom. The van der Waals surface area contributed by atoms with E-state index in [1.54, 1.807) is 12.1 Å². The quantitative estimate of drug-likeness (QED) is 0.391. The first kappa shape index (κ1) is 22.9. The molecule has 2 aromatic rings. The second kappa shape index (κ2) is 11.0. The van der Waals surface area contributed by atoms with Crippen molar-refractivity contribution in [2.45, 2.75) is 56.8 Å². The molecule has 2 N–H and O–H groups in total. The molecule has 0 saturated carbocycles. The van der Waals surface area contributed by atoms with Gasteiger partial charge in [0.05, 0.1) is 17.7 Å². The van der Waals surface area contributed by atoms with Gasteiger partial charge >= 0.3 is 0 Å². The number of hydrogen-bond acceptors (Lipinski definition) is 4. The molecule has 1 amide bonds. The van der Waals surface area contributed by atoms with E-state index in [4.69, 9.17) is 9.29 Å². The first-order chi connectivity index (χ1) is 13.8. The molecule has 0 spiro atoms. The molecule has 2 aromatic carbocycles. The average Bonchev–Trinajstić information content (AvgIpc) is 2.70. The van der Waals surface area contributed by atoms with Crippen LogP contribution in [0.1, 0.15) is 61.4 Å². The summed E-state index contributed by atoms with van der Waals surface area (Å²) in [6, 6.07) is 11.2. The maximum atomic E-state index is 12.5. The van der Waals surface area contributed by atoms with Crippen LogP contribution in [0.3, 0.4) is 0 Å². The lowest BCUT2D eigenvalue weighted by molar-refractivity contribution is 0.102. The molecule has 0 unspecified atom stereocenters. The predicted octanol–water partition coefficient (Wildman–Crippen LogP) is 5.10. The fraction of sp³-hybridized carbons (Fsp3) is 0.409. The number of anilines is 1. The van der Waals surface area contributed by atoms with Gasteiger partial charge in [-0.2, -0.15) is 8.42 Å². The van der Waals surface area contributed by atoms with Gasteiger partial charge in [0, 0.05) is 11.6 Å². The molecule has 0 heterocycles. The van der Waals surface area contributed by atoms with Crippen molar-refractivity contribution in [3.63, 3.8) is 0 Å². The van der Waals surface area contributed by atoms with Crippen LogP contribution in [0.5, 0.6) is 5.75 Å². The van der Waals surface area contributed by atoms with Crippen LogP contribution in [0.4, 0.5) is 5.69 Å². The van der Waals surface area contributed by atoms with E-state index in [9.17, 15) is 13.2 Å². The van der Waals surface area contributed by atoms with E-state index in [0.29, 0.717) is 11.3 Å². The minimum Gasteiger partial charge on any atom is -0.495 e. The maximum absolute atomic E-state index is 12.5. The van der Waals surface area contributed by atoms with E-state index < -0.39 is 10.1 Å². The third-order valence-electron chi connectivity index (χ3n) is 4.75. The van der Waals surface area contributed by atoms with Crippen LogP contribution in [0.25, 0.3) is 0 Å². The summed E-state index contributed by atoms with van der Waals surface area (Å²) in [5.41, 5.74) is 2.02. The number of rotatable bonds is 11. The molecule has 0 aliphatic carbocycles. The first-order valence-electron chi connectivity index (χ1n) is 9.91. The number of aryl methyl sites for hydroxylation is 1. The van der Waals surface area contributed by atoms with Crippen LogP contribution in [-0.2, 0) is 16.5 Å². The molecule has 2 rings (SSSR count). The second-order valence-electron chi connectivity index (χ2n) is 7.01. The number of hydrogen-bond donors (Lipinski definition) is 2. The number of benzene rings is 2. The summed E-state index contributed by atoms with van der Waals surface area (Å²) in [6.45, 7) is 2.21. The Bertz CT molecular complexity index is 907. The minimum atomic E-state index is -4.34. The van der Waals surface area contributed by atoms with Gasteiger partial charge < -0.3 is 10.1 Å². The van der Waals surface area contributed by atoms with Gasteiger partial charge in [-0.05, 0) is 42.7 Å². The molecule has 0 bridgehead atoms. The van der Waals surface area contributed by atoms with Crippen molar-refractivity contribution in [3.05, 3.63) is 53.6 Å². The summed E-state index contributed by atoms with van der Waals surface area (Å²) in [4.78, 5) is 12.2. The third-order valence-corrected chi connectivity index (χ3v) is 5.60. The highest BCUT2D eigenvalue weighted by Gasteiger charge is 2.15. The van der Waals surface area contributed by atoms with Crippen LogP contribution < -0.4 is 10.1 Å². The van der Waals surface area contributed by atoms with E-state index in [1.807, 2.05) is 12.1 Å². The smallest absolute Gasteiger partial charge is 0.294 e. The molecule has 0 atom stereocenters. The van der Waals surface area contributed by atoms with Crippen molar-refractivity contribution in [1.82, 2.24) is 0 Å². The molecular weight excluding hydrogens is 390 g/mol. The fourth-order valence-corrected chi connectivity index (χ4v) is 3.56. The van der Waals surface area contributed by atoms with E-state index in [2.05, 4.69) is 12.2 Å². The molecule has 0 saturated heterocycles. The summed E-state index contributed by atoms with van der Waals surface area (Å²) in [6.07, 6.45) is 8.48. The average molecular weight is 420 g/mol. The highest BCUT2D eigenvalue weighted by Crippen LogP contribution is 2.28. The van der Waals surface area contributed by atoms with Gasteiger partial charge in [-0.25, -0.2) is 0 Å². The molecule has 29 heavy (non-hydrogen) atoms. The zero-order valence-electron chi connectivity index (χ0n) is 17.0. The number of amides is 1. The number of nitrogens with one attached hydrogen (secondary N) is 1. The van der Waals surface area contributed by atoms with Gasteiger partial charge in [0.2, 0.25) is 0 Å². The van der Waals surface area contributed by atoms with Crippen molar-refractivity contribution < 1.29 is 22.5 Å². The van der Waals surface area contributed by atoms with Crippen LogP contribution in [-0.4, -0.2) is 26.0 Å². The maximum Gasteiger partial charge on any atom is 0.294 e. The lowest BCUT2D eigenvalue weighted by Gasteiger charge is -2.11. The summed E-state index contributed by atoms with van der Waals surface area (Å²) in [5, 5.41) is 2.71. The Morgan fingerprint density at radius 1 is 1.00 bits per heavy atom. The zero-order valence-corrected chi connectivity index (χ0v) is 17.8. The normalized spacial score (nSPS) is 11.3. The molecule has 0 radical (unpaired) electrons. The number of ether oxygens (including phenoxy) is 1. The van der Waals surface area contributed by atoms with Crippen LogP contribution in [0, 0.1) is 0 Å². The van der Waals surface area contributed by atoms with Crippen molar-refractivity contribution in [3.8, 4) is 5.75 Å². The third kappa shape index (κ3) is 7.18. The van der Waals surface area contributed by atoms with Crippen molar-refractivity contribution in [2.75, 3.05) is 12.4 Å². The van der Waals surface area contributed by atoms with Crippen molar-refractivity contribution >= 4 is 21.7 Å². The van der Waals surface area contributed by atoms with Gasteiger partial charge in [-0.1, -0.05) is 51.2 Å². The zero-order chi connectivity index (χ0) is 21.3. The molecule has 0 fully saturated rings. The number of methoxy groups -OCH3 is 1. The van der Waals surface area contributed by atoms with Gasteiger partial charge in [0.25, 0.3) is 16.0 Å². The van der Waals surface area contributed by atoms with Gasteiger partial charge in [-0.3, -0.25) is 9.35 Å². The Hall–Kier alpha value is -2.38. The van der Waals surface area contributed by atoms with Crippen LogP contribution >= 0.6 is 0 Å². The Kier molecular flexibility index (Phi) is 8.67. The number of carbonyl (C=O) groups excluding carboxylic acids is 1. The molecule has 0 aliphatic heterocycles. The molecule has 6 nitrogen and oxygen atoms in total. The topological polar surface area (TPSA) is 92.7 Å². The number of unbranched alkanes of at least 4 members (excludes halogenated alkanes) is 5. The summed E-state index contributed by atoms with van der Waals surface area (Å²) in [5.74, 6) is -0.179. The second-order valence-corrected chi connectivity index (χ2v) is 8.43. The first-order valence-corrected chi connectivity index (χ1v) is 11.3. The molecule has 0 aromatic heterocycles. The van der Waals surface area contributed by atoms with Crippen molar-refractivity contribution in [2.24, 2.45) is 0 Å². The molecule has 7 heteroatoms. The highest BCUT2D eigenvalue weighted by atomic mass is 32.2. The fourth-order valence-electron chi connectivity index (χ4n) is 3.06. The van der Waals surface area contributed by atoms with E-state index in [1.165, 1.54) is 56.9 Å². The Labute approximate surface area is 173 Å². The standard InChI is InChI=1S/C22H29NO5S/c1-3-4-5-6-7-8-9-17-10-12-18(13-11-17)22(24)23-20-15-14-19(29(25,26)27)16-21(20)28-2/h10-16H,3-9H2,1-2H3,(H,23,24)(H,25,26,27). The van der Waals surface area contributed by atoms with Crippen LogP contribution in [0.2, 0.25) is 0 Å². The Balaban J connectivity index is 1.95. The SMILES string of the molecule is CCCCCCCCc1ccc(C(=O)Nc2ccc(S(=O)(=O)O)cc2OC)cc1. The van der Waals surface area contributed by atoms with Crippen LogP contribution in [0.15, 0.2) is 47.4 Å². The molecule has 0 aliphatic rings. The minimum absolute atomic E-state index is 0.146. The largest absolute Gasteiger partial charge is 0.495 e. The van der Waals surface area contributed by atoms with Crippen molar-refractivity contribution in [1.29, 1.82) is 0 Å². The lowest BCUT2D eigenvalue weighted by Crippen LogP contribution is -2.13. The molecule has 158 valence electrons. The summed E-state index contributed by atoms with van der Waals surface area (Å²) < 4.78 is 36.7. The Morgan fingerprint density at radius 2 is 1.66 bits per heavy atom. The highest BCUT2D eigenvalue weighted by molar-refractivity contribution is 7.85. The van der Waals surface area contributed by atoms with Gasteiger partial charge in [0.15, 0.2) is 0 Å². The predicted molar refractivity (Wildman–Crippen MR) is 114 cm³/mol. The van der Waals surface area contributed by atoms with E-state index in [0.717, 1.165) is 18.9 Å². The van der Waals surface area contributed by atoms with E-state index in [-0.39, 0.29) is 16.6 Å². The lowest BCUT2D eigenvalue weighted by atomic mass is 10.0. The summed E-state index contributed by atoms with van der Waals surface area (Å²) in [7, 11) is -2.99. The number of carbonyl (C=O) groups is 1. The van der Waals surface area contributed by atoms with E-state index >= 15 is 0 Å². The molecular formula is C22H29NO5S. The van der Waals surface area contributed by atoms with Gasteiger partial charge in [0.1, 0.15) is 5.75 Å². The summed E-state index contributed by atoms with van der Waals surface area (Å²) >= 11 is 0.